The molecule has 2 aromatic carbocycles. The molecule has 5 nitrogen and oxygen atoms in total. The minimum atomic E-state index is -0.374. The lowest BCUT2D eigenvalue weighted by atomic mass is 10.2. The van der Waals surface area contributed by atoms with Crippen molar-refractivity contribution >= 4 is 54.7 Å². The van der Waals surface area contributed by atoms with E-state index in [1.165, 1.54) is 31.9 Å². The third-order valence-corrected chi connectivity index (χ3v) is 8.10. The number of amidine groups is 1. The largest absolute Gasteiger partial charge is 0.385 e. The molecule has 0 radical (unpaired) electrons. The maximum absolute atomic E-state index is 11.0. The molecule has 0 amide bonds. The zero-order valence-electron chi connectivity index (χ0n) is 18.1. The first-order valence-electron chi connectivity index (χ1n) is 11.1. The van der Waals surface area contributed by atoms with E-state index in [1.807, 2.05) is 11.8 Å². The fraction of sp³-hybridized carbons (Fsp3) is 0.458. The van der Waals surface area contributed by atoms with Crippen molar-refractivity contribution in [2.45, 2.75) is 31.2 Å². The van der Waals surface area contributed by atoms with Gasteiger partial charge in [-0.3, -0.25) is 4.99 Å². The molecule has 2 N–H and O–H groups in total. The lowest BCUT2D eigenvalue weighted by molar-refractivity contribution is -0.907. The Hall–Kier alpha value is -1.54. The summed E-state index contributed by atoms with van der Waals surface area (Å²) in [5.74, 6) is 0. The van der Waals surface area contributed by atoms with Gasteiger partial charge in [-0.25, -0.2) is 0 Å². The number of hydrogen-bond donors (Lipinski definition) is 2. The fourth-order valence-corrected chi connectivity index (χ4v) is 6.21. The number of quaternary nitrogens is 1. The van der Waals surface area contributed by atoms with E-state index in [1.54, 1.807) is 0 Å². The Morgan fingerprint density at radius 3 is 2.61 bits per heavy atom. The van der Waals surface area contributed by atoms with Gasteiger partial charge in [0.1, 0.15) is 12.6 Å². The summed E-state index contributed by atoms with van der Waals surface area (Å²) < 4.78 is 3.59. The van der Waals surface area contributed by atoms with E-state index in [-0.39, 0.29) is 10.9 Å². The molecule has 0 bridgehead atoms. The third kappa shape index (κ3) is 4.38. The summed E-state index contributed by atoms with van der Waals surface area (Å²) in [6.07, 6.45) is -0.374. The number of benzene rings is 2. The molecule has 0 aliphatic carbocycles. The molecular formula is C24H30BrN4OS+. The monoisotopic (exact) mass is 501 g/mol. The van der Waals surface area contributed by atoms with Gasteiger partial charge in [-0.2, -0.15) is 0 Å². The molecular weight excluding hydrogens is 472 g/mol. The zero-order valence-corrected chi connectivity index (χ0v) is 20.5. The average Bonchev–Trinajstić information content (AvgIpc) is 3.26. The van der Waals surface area contributed by atoms with Crippen LogP contribution in [0.25, 0.3) is 21.8 Å². The summed E-state index contributed by atoms with van der Waals surface area (Å²) in [5, 5.41) is 14.7. The molecule has 7 heteroatoms. The van der Waals surface area contributed by atoms with Crippen LogP contribution in [0.15, 0.2) is 51.9 Å². The Kier molecular flexibility index (Phi) is 5.79. The van der Waals surface area contributed by atoms with Crippen molar-refractivity contribution in [3.63, 3.8) is 0 Å². The highest BCUT2D eigenvalue weighted by molar-refractivity contribution is 9.10. The summed E-state index contributed by atoms with van der Waals surface area (Å²) in [7, 11) is 0. The Balaban J connectivity index is 1.25. The highest BCUT2D eigenvalue weighted by Gasteiger charge is 2.32. The number of halogens is 1. The Morgan fingerprint density at radius 2 is 1.87 bits per heavy atom. The molecule has 1 aromatic heterocycles. The van der Waals surface area contributed by atoms with Gasteiger partial charge in [0.15, 0.2) is 5.17 Å². The number of piperazine rings is 1. The van der Waals surface area contributed by atoms with E-state index in [0.29, 0.717) is 6.54 Å². The molecule has 2 aliphatic heterocycles. The zero-order chi connectivity index (χ0) is 21.6. The summed E-state index contributed by atoms with van der Waals surface area (Å²) in [6, 6.07) is 14.9. The number of thioether (sulfide) groups is 1. The van der Waals surface area contributed by atoms with Crippen molar-refractivity contribution in [2.75, 3.05) is 39.3 Å². The number of fused-ring (bicyclic) bond motifs is 3. The normalized spacial score (nSPS) is 20.5. The standard InChI is InChI=1S/C24H29BrN4OS/c1-24(2)16-26-23(31-24)28-11-9-27(10-12-28)14-18(30)15-29-21-6-4-3-5-19(21)20-13-17(25)7-8-22(20)29/h3-8,13,18,30H,9-12,14-16H2,1-2H3/p+1/t18-/m1/s1. The fourth-order valence-electron chi connectivity index (χ4n) is 4.78. The number of para-hydroxylation sites is 1. The first-order chi connectivity index (χ1) is 14.9. The Bertz CT molecular complexity index is 1130. The van der Waals surface area contributed by atoms with Crippen LogP contribution in [0.5, 0.6) is 0 Å². The van der Waals surface area contributed by atoms with Crippen molar-refractivity contribution in [1.82, 2.24) is 9.47 Å². The first kappa shape index (κ1) is 21.3. The molecule has 31 heavy (non-hydrogen) atoms. The van der Waals surface area contributed by atoms with Crippen LogP contribution in [0.3, 0.4) is 0 Å². The summed E-state index contributed by atoms with van der Waals surface area (Å²) in [5.41, 5.74) is 2.37. The molecule has 0 saturated carbocycles. The highest BCUT2D eigenvalue weighted by atomic mass is 79.9. The van der Waals surface area contributed by atoms with Crippen LogP contribution in [-0.2, 0) is 6.54 Å². The number of rotatable bonds is 4. The smallest absolute Gasteiger partial charge is 0.160 e. The van der Waals surface area contributed by atoms with Gasteiger partial charge < -0.3 is 19.5 Å². The molecule has 3 heterocycles. The second-order valence-electron chi connectivity index (χ2n) is 9.34. The molecule has 2 aliphatic rings. The molecule has 0 spiro atoms. The molecule has 5 rings (SSSR count). The molecule has 164 valence electrons. The van der Waals surface area contributed by atoms with Crippen LogP contribution in [0, 0.1) is 0 Å². The Morgan fingerprint density at radius 1 is 1.13 bits per heavy atom. The van der Waals surface area contributed by atoms with Crippen LogP contribution >= 0.6 is 27.7 Å². The highest BCUT2D eigenvalue weighted by Crippen LogP contribution is 2.33. The van der Waals surface area contributed by atoms with Crippen LogP contribution in [-0.4, -0.2) is 69.9 Å². The van der Waals surface area contributed by atoms with Crippen LogP contribution in [0.4, 0.5) is 0 Å². The van der Waals surface area contributed by atoms with Gasteiger partial charge in [0.2, 0.25) is 0 Å². The molecule has 3 aromatic rings. The third-order valence-electron chi connectivity index (χ3n) is 6.36. The SMILES string of the molecule is CC1(C)CN=C(N2CC[NH+](C[C@@H](O)Cn3c4ccccc4c4cc(Br)ccc43)CC2)S1. The Labute approximate surface area is 196 Å². The number of hydrogen-bond acceptors (Lipinski definition) is 4. The predicted octanol–water partition coefficient (Wildman–Crippen LogP) is 3.00. The van der Waals surface area contributed by atoms with E-state index in [0.717, 1.165) is 43.7 Å². The van der Waals surface area contributed by atoms with Crippen LogP contribution < -0.4 is 4.90 Å². The van der Waals surface area contributed by atoms with Gasteiger partial charge in [0, 0.05) is 31.0 Å². The van der Waals surface area contributed by atoms with Crippen molar-refractivity contribution in [1.29, 1.82) is 0 Å². The van der Waals surface area contributed by atoms with E-state index in [2.05, 4.69) is 81.7 Å². The maximum Gasteiger partial charge on any atom is 0.160 e. The van der Waals surface area contributed by atoms with Crippen LogP contribution in [0.2, 0.25) is 0 Å². The molecule has 1 fully saturated rings. The van der Waals surface area contributed by atoms with Gasteiger partial charge in [-0.1, -0.05) is 45.9 Å². The molecule has 1 atom stereocenters. The second-order valence-corrected chi connectivity index (χ2v) is 11.9. The number of aromatic nitrogens is 1. The molecule has 0 unspecified atom stereocenters. The maximum atomic E-state index is 11.0. The van der Waals surface area contributed by atoms with Crippen molar-refractivity contribution in [3.05, 3.63) is 46.9 Å². The van der Waals surface area contributed by atoms with Gasteiger partial charge in [0.05, 0.1) is 39.3 Å². The first-order valence-corrected chi connectivity index (χ1v) is 12.7. The van der Waals surface area contributed by atoms with E-state index in [4.69, 9.17) is 4.99 Å². The van der Waals surface area contributed by atoms with Gasteiger partial charge in [-0.15, -0.1) is 0 Å². The second kappa shape index (κ2) is 8.43. The number of nitrogens with one attached hydrogen (secondary N) is 1. The topological polar surface area (TPSA) is 45.2 Å². The van der Waals surface area contributed by atoms with Crippen molar-refractivity contribution in [3.8, 4) is 0 Å². The molecule has 1 saturated heterocycles. The average molecular weight is 503 g/mol. The van der Waals surface area contributed by atoms with Crippen molar-refractivity contribution < 1.29 is 10.0 Å². The number of aliphatic imine (C=N–C) groups is 1. The lowest BCUT2D eigenvalue weighted by Gasteiger charge is -2.34. The number of aliphatic hydroxyl groups excluding tert-OH is 1. The minimum absolute atomic E-state index is 0.230. The quantitative estimate of drug-likeness (QED) is 0.577. The number of aliphatic hydroxyl groups is 1. The van der Waals surface area contributed by atoms with Gasteiger partial charge in [-0.05, 0) is 38.1 Å². The van der Waals surface area contributed by atoms with Gasteiger partial charge >= 0.3 is 0 Å². The van der Waals surface area contributed by atoms with Crippen molar-refractivity contribution in [2.24, 2.45) is 4.99 Å². The summed E-state index contributed by atoms with van der Waals surface area (Å²) in [6.45, 7) is 11.0. The minimum Gasteiger partial charge on any atom is -0.385 e. The van der Waals surface area contributed by atoms with E-state index < -0.39 is 0 Å². The van der Waals surface area contributed by atoms with E-state index in [9.17, 15) is 5.11 Å². The van der Waals surface area contributed by atoms with Gasteiger partial charge in [0.25, 0.3) is 0 Å². The van der Waals surface area contributed by atoms with Crippen LogP contribution in [0.1, 0.15) is 13.8 Å². The summed E-state index contributed by atoms with van der Waals surface area (Å²) >= 11 is 5.51. The lowest BCUT2D eigenvalue weighted by Crippen LogP contribution is -3.15. The predicted molar refractivity (Wildman–Crippen MR) is 134 cm³/mol. The van der Waals surface area contributed by atoms with E-state index >= 15 is 0 Å². The number of nitrogens with zero attached hydrogens (tertiary/aromatic N) is 3. The summed E-state index contributed by atoms with van der Waals surface area (Å²) in [4.78, 5) is 8.66.